The van der Waals surface area contributed by atoms with Crippen molar-refractivity contribution in [2.75, 3.05) is 6.61 Å². The number of ether oxygens (including phenoxy) is 1. The fraction of sp³-hybridized carbons (Fsp3) is 0.333. The number of hydrogen-bond acceptors (Lipinski definition) is 3. The average molecular weight is 260 g/mol. The first kappa shape index (κ1) is 11.8. The lowest BCUT2D eigenvalue weighted by Crippen LogP contribution is -2.22. The Labute approximate surface area is 111 Å². The van der Waals surface area contributed by atoms with Gasteiger partial charge < -0.3 is 9.84 Å². The van der Waals surface area contributed by atoms with E-state index in [9.17, 15) is 5.11 Å². The fourth-order valence-corrected chi connectivity index (χ4v) is 3.50. The Balaban J connectivity index is 2.06. The van der Waals surface area contributed by atoms with Crippen molar-refractivity contribution >= 4 is 11.3 Å². The number of thiophene rings is 1. The summed E-state index contributed by atoms with van der Waals surface area (Å²) in [6, 6.07) is 8.05. The maximum Gasteiger partial charge on any atom is 0.122 e. The Morgan fingerprint density at radius 2 is 2.17 bits per heavy atom. The van der Waals surface area contributed by atoms with Crippen LogP contribution < -0.4 is 4.74 Å². The summed E-state index contributed by atoms with van der Waals surface area (Å²) in [4.78, 5) is 1.02. The van der Waals surface area contributed by atoms with E-state index in [0.29, 0.717) is 0 Å². The summed E-state index contributed by atoms with van der Waals surface area (Å²) in [6.45, 7) is 4.65. The summed E-state index contributed by atoms with van der Waals surface area (Å²) in [5.41, 5.74) is 2.36. The molecule has 1 aliphatic heterocycles. The maximum absolute atomic E-state index is 10.8. The van der Waals surface area contributed by atoms with E-state index in [0.717, 1.165) is 34.8 Å². The molecule has 0 amide bonds. The molecule has 1 aromatic carbocycles. The van der Waals surface area contributed by atoms with Crippen molar-refractivity contribution in [1.29, 1.82) is 0 Å². The van der Waals surface area contributed by atoms with E-state index >= 15 is 0 Å². The first-order chi connectivity index (χ1) is 8.59. The van der Waals surface area contributed by atoms with Crippen LogP contribution in [0.5, 0.6) is 5.75 Å². The number of rotatable bonds is 2. The van der Waals surface area contributed by atoms with Gasteiger partial charge in [-0.1, -0.05) is 6.07 Å². The van der Waals surface area contributed by atoms with Gasteiger partial charge in [-0.25, -0.2) is 0 Å². The molecule has 0 saturated carbocycles. The molecule has 2 heterocycles. The highest BCUT2D eigenvalue weighted by Crippen LogP contribution is 2.37. The Morgan fingerprint density at radius 3 is 2.89 bits per heavy atom. The molecule has 2 aromatic rings. The normalized spacial score (nSPS) is 17.1. The maximum atomic E-state index is 10.8. The standard InChI is InChI=1S/C15H16O2S/c1-10-6-8-18-14(10)15(2,16)12-3-4-13-11(9-12)5-7-17-13/h3-4,6,8-9,16H,5,7H2,1-2H3. The van der Waals surface area contributed by atoms with Gasteiger partial charge in [0.05, 0.1) is 6.61 Å². The van der Waals surface area contributed by atoms with Gasteiger partial charge in [-0.2, -0.15) is 0 Å². The molecule has 3 heteroatoms. The third-order valence-corrected chi connectivity index (χ3v) is 4.78. The van der Waals surface area contributed by atoms with E-state index in [1.54, 1.807) is 11.3 Å². The van der Waals surface area contributed by atoms with Crippen LogP contribution in [0.15, 0.2) is 29.6 Å². The van der Waals surface area contributed by atoms with Crippen molar-refractivity contribution in [2.24, 2.45) is 0 Å². The van der Waals surface area contributed by atoms with E-state index in [4.69, 9.17) is 4.74 Å². The second kappa shape index (κ2) is 4.11. The molecule has 18 heavy (non-hydrogen) atoms. The van der Waals surface area contributed by atoms with Gasteiger partial charge in [-0.15, -0.1) is 11.3 Å². The second-order valence-electron chi connectivity index (χ2n) is 4.93. The zero-order chi connectivity index (χ0) is 12.8. The summed E-state index contributed by atoms with van der Waals surface area (Å²) in [5.74, 6) is 0.956. The van der Waals surface area contributed by atoms with E-state index in [1.807, 2.05) is 37.4 Å². The zero-order valence-corrected chi connectivity index (χ0v) is 11.4. The number of aryl methyl sites for hydroxylation is 1. The lowest BCUT2D eigenvalue weighted by Gasteiger charge is -2.24. The highest BCUT2D eigenvalue weighted by molar-refractivity contribution is 7.10. The highest BCUT2D eigenvalue weighted by atomic mass is 32.1. The molecule has 0 radical (unpaired) electrons. The third-order valence-electron chi connectivity index (χ3n) is 3.56. The molecular weight excluding hydrogens is 244 g/mol. The average Bonchev–Trinajstić information content (AvgIpc) is 2.95. The third kappa shape index (κ3) is 1.74. The van der Waals surface area contributed by atoms with E-state index < -0.39 is 5.60 Å². The Bertz CT molecular complexity index is 584. The predicted octanol–water partition coefficient (Wildman–Crippen LogP) is 3.25. The van der Waals surface area contributed by atoms with Crippen LogP contribution in [0.4, 0.5) is 0 Å². The van der Waals surface area contributed by atoms with Crippen LogP contribution in [-0.4, -0.2) is 11.7 Å². The van der Waals surface area contributed by atoms with Gasteiger partial charge in [0.1, 0.15) is 11.4 Å². The van der Waals surface area contributed by atoms with Crippen molar-refractivity contribution in [1.82, 2.24) is 0 Å². The topological polar surface area (TPSA) is 29.5 Å². The number of benzene rings is 1. The minimum atomic E-state index is -0.921. The minimum absolute atomic E-state index is 0.749. The lowest BCUT2D eigenvalue weighted by atomic mass is 9.91. The molecule has 2 nitrogen and oxygen atoms in total. The van der Waals surface area contributed by atoms with E-state index in [-0.39, 0.29) is 0 Å². The van der Waals surface area contributed by atoms with Crippen LogP contribution in [0.3, 0.4) is 0 Å². The van der Waals surface area contributed by atoms with Crippen molar-refractivity contribution in [3.63, 3.8) is 0 Å². The van der Waals surface area contributed by atoms with Gasteiger partial charge >= 0.3 is 0 Å². The SMILES string of the molecule is Cc1ccsc1C(C)(O)c1ccc2c(c1)CCO2. The second-order valence-corrected chi connectivity index (χ2v) is 5.84. The molecule has 3 rings (SSSR count). The number of aliphatic hydroxyl groups is 1. The summed E-state index contributed by atoms with van der Waals surface area (Å²) < 4.78 is 5.50. The summed E-state index contributed by atoms with van der Waals surface area (Å²) >= 11 is 1.60. The number of fused-ring (bicyclic) bond motifs is 1. The molecule has 0 bridgehead atoms. The Kier molecular flexibility index (Phi) is 2.68. The van der Waals surface area contributed by atoms with Crippen LogP contribution in [0.2, 0.25) is 0 Å². The Hall–Kier alpha value is -1.32. The van der Waals surface area contributed by atoms with Crippen LogP contribution in [0.1, 0.15) is 28.5 Å². The van der Waals surface area contributed by atoms with E-state index in [2.05, 4.69) is 6.07 Å². The first-order valence-electron chi connectivity index (χ1n) is 6.12. The first-order valence-corrected chi connectivity index (χ1v) is 7.00. The van der Waals surface area contributed by atoms with E-state index in [1.165, 1.54) is 5.56 Å². The van der Waals surface area contributed by atoms with Crippen molar-refractivity contribution in [3.8, 4) is 5.75 Å². The van der Waals surface area contributed by atoms with Crippen LogP contribution in [-0.2, 0) is 12.0 Å². The van der Waals surface area contributed by atoms with Gasteiger partial charge in [0.15, 0.2) is 0 Å². The highest BCUT2D eigenvalue weighted by Gasteiger charge is 2.29. The molecule has 1 aromatic heterocycles. The molecular formula is C15H16O2S. The van der Waals surface area contributed by atoms with Gasteiger partial charge in [-0.05, 0) is 54.1 Å². The molecule has 1 atom stereocenters. The Morgan fingerprint density at radius 1 is 1.33 bits per heavy atom. The van der Waals surface area contributed by atoms with Crippen LogP contribution in [0.25, 0.3) is 0 Å². The number of hydrogen-bond donors (Lipinski definition) is 1. The van der Waals surface area contributed by atoms with Crippen LogP contribution in [0, 0.1) is 6.92 Å². The monoisotopic (exact) mass is 260 g/mol. The zero-order valence-electron chi connectivity index (χ0n) is 10.6. The molecule has 1 N–H and O–H groups in total. The van der Waals surface area contributed by atoms with Crippen molar-refractivity contribution < 1.29 is 9.84 Å². The van der Waals surface area contributed by atoms with Crippen molar-refractivity contribution in [3.05, 3.63) is 51.2 Å². The van der Waals surface area contributed by atoms with Crippen molar-refractivity contribution in [2.45, 2.75) is 25.9 Å². The molecule has 0 saturated heterocycles. The van der Waals surface area contributed by atoms with Crippen LogP contribution >= 0.6 is 11.3 Å². The summed E-state index contributed by atoms with van der Waals surface area (Å²) in [6.07, 6.45) is 0.933. The molecule has 1 unspecified atom stereocenters. The fourth-order valence-electron chi connectivity index (χ4n) is 2.49. The molecule has 0 spiro atoms. The van der Waals surface area contributed by atoms with Gasteiger partial charge in [0, 0.05) is 11.3 Å². The summed E-state index contributed by atoms with van der Waals surface area (Å²) in [5, 5.41) is 12.9. The summed E-state index contributed by atoms with van der Waals surface area (Å²) in [7, 11) is 0. The molecule has 0 fully saturated rings. The quantitative estimate of drug-likeness (QED) is 0.898. The van der Waals surface area contributed by atoms with Gasteiger partial charge in [0.25, 0.3) is 0 Å². The largest absolute Gasteiger partial charge is 0.493 e. The smallest absolute Gasteiger partial charge is 0.122 e. The predicted molar refractivity (Wildman–Crippen MR) is 73.4 cm³/mol. The lowest BCUT2D eigenvalue weighted by molar-refractivity contribution is 0.105. The minimum Gasteiger partial charge on any atom is -0.493 e. The van der Waals surface area contributed by atoms with Gasteiger partial charge in [0.2, 0.25) is 0 Å². The molecule has 0 aliphatic carbocycles. The molecule has 1 aliphatic rings. The van der Waals surface area contributed by atoms with Gasteiger partial charge in [-0.3, -0.25) is 0 Å². The molecule has 94 valence electrons.